The minimum Gasteiger partial charge on any atom is -0.508 e. The number of benzene rings is 4. The molecule has 2 aliphatic carbocycles. The normalized spacial score (nSPS) is 27.5. The fourth-order valence-electron chi connectivity index (χ4n) is 8.76. The van der Waals surface area contributed by atoms with Crippen molar-refractivity contribution >= 4 is 46.6 Å². The third-order valence-corrected chi connectivity index (χ3v) is 11.4. The van der Waals surface area contributed by atoms with E-state index < -0.39 is 46.8 Å². The number of imide groups is 2. The van der Waals surface area contributed by atoms with E-state index in [2.05, 4.69) is 5.43 Å². The summed E-state index contributed by atoms with van der Waals surface area (Å²) >= 11 is 6.44. The first-order valence-electron chi connectivity index (χ1n) is 16.5. The highest BCUT2D eigenvalue weighted by molar-refractivity contribution is 6.32. The number of phenols is 1. The Morgan fingerprint density at radius 2 is 1.53 bits per heavy atom. The monoisotopic (exact) mass is 671 g/mol. The minimum atomic E-state index is -1.36. The number of fused-ring (bicyclic) bond motifs is 4. The summed E-state index contributed by atoms with van der Waals surface area (Å²) < 4.78 is 0. The molecule has 8 rings (SSSR count). The number of carbonyl (C=O) groups is 4. The Bertz CT molecular complexity index is 2060. The molecule has 1 saturated carbocycles. The Labute approximate surface area is 289 Å². The van der Waals surface area contributed by atoms with Gasteiger partial charge in [0, 0.05) is 10.9 Å². The third kappa shape index (κ3) is 4.57. The van der Waals surface area contributed by atoms with Gasteiger partial charge in [0.05, 0.1) is 34.5 Å². The number of carbonyl (C=O) groups excluding carboxylic acids is 4. The van der Waals surface area contributed by atoms with Gasteiger partial charge in [-0.2, -0.15) is 5.01 Å². The number of anilines is 2. The Morgan fingerprint density at radius 3 is 2.22 bits per heavy atom. The van der Waals surface area contributed by atoms with Crippen molar-refractivity contribution in [2.75, 3.05) is 10.3 Å². The summed E-state index contributed by atoms with van der Waals surface area (Å²) in [6, 6.07) is 28.7. The lowest BCUT2D eigenvalue weighted by Crippen LogP contribution is -2.53. The molecule has 3 fully saturated rings. The molecule has 4 aromatic carbocycles. The van der Waals surface area contributed by atoms with Gasteiger partial charge in [0.1, 0.15) is 5.75 Å². The van der Waals surface area contributed by atoms with E-state index >= 15 is 4.79 Å². The molecule has 246 valence electrons. The average molecular weight is 672 g/mol. The quantitative estimate of drug-likeness (QED) is 0.178. The molecule has 6 atom stereocenters. The van der Waals surface area contributed by atoms with Gasteiger partial charge in [-0.3, -0.25) is 24.6 Å². The number of hydrogen-bond donors (Lipinski definition) is 2. The molecule has 2 heterocycles. The molecule has 0 unspecified atom stereocenters. The number of nitrogens with one attached hydrogen (secondary N) is 1. The van der Waals surface area contributed by atoms with E-state index in [0.29, 0.717) is 28.4 Å². The van der Waals surface area contributed by atoms with Crippen LogP contribution in [0.4, 0.5) is 11.4 Å². The van der Waals surface area contributed by atoms with E-state index in [4.69, 9.17) is 11.6 Å². The van der Waals surface area contributed by atoms with Crippen molar-refractivity contribution < 1.29 is 24.3 Å². The number of aryl methyl sites for hydroxylation is 2. The van der Waals surface area contributed by atoms with E-state index in [1.54, 1.807) is 42.5 Å². The van der Waals surface area contributed by atoms with E-state index in [9.17, 15) is 19.5 Å². The zero-order chi connectivity index (χ0) is 34.2. The molecule has 0 spiro atoms. The summed E-state index contributed by atoms with van der Waals surface area (Å²) in [7, 11) is 0. The van der Waals surface area contributed by atoms with E-state index in [1.165, 1.54) is 4.90 Å². The molecule has 2 aliphatic heterocycles. The molecule has 0 aromatic heterocycles. The maximum absolute atomic E-state index is 15.1. The van der Waals surface area contributed by atoms with Crippen LogP contribution in [0.3, 0.4) is 0 Å². The molecule has 49 heavy (non-hydrogen) atoms. The second kappa shape index (κ2) is 11.4. The predicted octanol–water partition coefficient (Wildman–Crippen LogP) is 6.85. The van der Waals surface area contributed by atoms with Gasteiger partial charge in [-0.05, 0) is 85.7 Å². The Hall–Kier alpha value is -5.21. The summed E-state index contributed by atoms with van der Waals surface area (Å²) in [5, 5.41) is 11.9. The highest BCUT2D eigenvalue weighted by Gasteiger charge is 2.70. The molecule has 4 aliphatic rings. The predicted molar refractivity (Wildman–Crippen MR) is 186 cm³/mol. The second-order valence-electron chi connectivity index (χ2n) is 13.6. The topological polar surface area (TPSA) is 107 Å². The number of hydrogen-bond acceptors (Lipinski definition) is 6. The first-order valence-corrected chi connectivity index (χ1v) is 16.9. The van der Waals surface area contributed by atoms with Crippen LogP contribution in [0.5, 0.6) is 5.75 Å². The van der Waals surface area contributed by atoms with E-state index in [1.807, 2.05) is 74.5 Å². The second-order valence-corrected chi connectivity index (χ2v) is 14.0. The summed E-state index contributed by atoms with van der Waals surface area (Å²) in [6.07, 6.45) is 2.54. The van der Waals surface area contributed by atoms with Crippen molar-refractivity contribution in [1.82, 2.24) is 5.01 Å². The Balaban J connectivity index is 1.30. The largest absolute Gasteiger partial charge is 0.508 e. The van der Waals surface area contributed by atoms with Crippen LogP contribution in [0.2, 0.25) is 5.02 Å². The van der Waals surface area contributed by atoms with Gasteiger partial charge in [-0.15, -0.1) is 0 Å². The molecule has 0 radical (unpaired) electrons. The molecule has 2 N–H and O–H groups in total. The number of hydrazine groups is 1. The van der Waals surface area contributed by atoms with Gasteiger partial charge in [0.2, 0.25) is 11.8 Å². The molecule has 4 amide bonds. The highest BCUT2D eigenvalue weighted by Crippen LogP contribution is 2.64. The van der Waals surface area contributed by atoms with E-state index in [-0.39, 0.29) is 24.0 Å². The minimum absolute atomic E-state index is 0.0690. The molecule has 0 bridgehead atoms. The van der Waals surface area contributed by atoms with Gasteiger partial charge in [-0.25, -0.2) is 4.90 Å². The number of rotatable bonds is 5. The van der Waals surface area contributed by atoms with Crippen LogP contribution in [0.1, 0.15) is 41.0 Å². The molecule has 2 saturated heterocycles. The van der Waals surface area contributed by atoms with Crippen molar-refractivity contribution in [3.05, 3.63) is 136 Å². The molecule has 9 heteroatoms. The van der Waals surface area contributed by atoms with Crippen LogP contribution in [0.25, 0.3) is 0 Å². The molecule has 8 nitrogen and oxygen atoms in total. The molecule has 4 aromatic rings. The van der Waals surface area contributed by atoms with Gasteiger partial charge in [-0.1, -0.05) is 89.5 Å². The summed E-state index contributed by atoms with van der Waals surface area (Å²) in [4.78, 5) is 59.5. The fourth-order valence-corrected chi connectivity index (χ4v) is 8.94. The number of halogens is 1. The lowest BCUT2D eigenvalue weighted by molar-refractivity contribution is -0.138. The number of allylic oxidation sites excluding steroid dienone is 2. The van der Waals surface area contributed by atoms with Crippen LogP contribution in [-0.4, -0.2) is 33.7 Å². The number of phenolic OH excluding ortho intramolecular Hbond substituents is 1. The van der Waals surface area contributed by atoms with Crippen molar-refractivity contribution in [3.63, 3.8) is 0 Å². The van der Waals surface area contributed by atoms with Gasteiger partial charge >= 0.3 is 0 Å². The van der Waals surface area contributed by atoms with Gasteiger partial charge in [0.25, 0.3) is 11.8 Å². The number of aromatic hydroxyl groups is 1. The lowest BCUT2D eigenvalue weighted by atomic mass is 9.49. The summed E-state index contributed by atoms with van der Waals surface area (Å²) in [6.45, 7) is 3.82. The lowest BCUT2D eigenvalue weighted by Gasteiger charge is -2.50. The zero-order valence-corrected chi connectivity index (χ0v) is 27.7. The average Bonchev–Trinajstić information content (AvgIpc) is 3.48. The Morgan fingerprint density at radius 1 is 0.816 bits per heavy atom. The number of amides is 4. The maximum Gasteiger partial charge on any atom is 0.260 e. The smallest absolute Gasteiger partial charge is 0.260 e. The fraction of sp³-hybridized carbons (Fsp3) is 0.250. The maximum atomic E-state index is 15.1. The highest BCUT2D eigenvalue weighted by atomic mass is 35.5. The van der Waals surface area contributed by atoms with E-state index in [0.717, 1.165) is 27.3 Å². The van der Waals surface area contributed by atoms with Gasteiger partial charge < -0.3 is 5.11 Å². The zero-order valence-electron chi connectivity index (χ0n) is 27.0. The van der Waals surface area contributed by atoms with Crippen molar-refractivity contribution in [3.8, 4) is 5.75 Å². The third-order valence-electron chi connectivity index (χ3n) is 11.0. The van der Waals surface area contributed by atoms with Crippen LogP contribution < -0.4 is 10.3 Å². The van der Waals surface area contributed by atoms with Crippen LogP contribution in [0.15, 0.2) is 109 Å². The summed E-state index contributed by atoms with van der Waals surface area (Å²) in [5.41, 5.74) is 6.92. The van der Waals surface area contributed by atoms with Crippen LogP contribution >= 0.6 is 11.6 Å². The Kier molecular flexibility index (Phi) is 7.26. The SMILES string of the molecule is Cc1ccc(NN2C(=O)[C@@H]3C[C@@H]4C(=CC[C@@H]5C(=O)N(c6ccc(C)c(Cl)c6)C(=O)[C@@H]54)[C@H](c4ccc(O)cc4)[C@]3(c3ccccc3)C2=O)cc1. The molecular formula is C40H34ClN3O5. The van der Waals surface area contributed by atoms with Crippen LogP contribution in [0, 0.1) is 37.5 Å². The van der Waals surface area contributed by atoms with Crippen molar-refractivity contribution in [1.29, 1.82) is 0 Å². The van der Waals surface area contributed by atoms with Crippen molar-refractivity contribution in [2.24, 2.45) is 23.7 Å². The van der Waals surface area contributed by atoms with Gasteiger partial charge in [0.15, 0.2) is 0 Å². The van der Waals surface area contributed by atoms with Crippen molar-refractivity contribution in [2.45, 2.75) is 38.0 Å². The first-order chi connectivity index (χ1) is 23.6. The standard InChI is InChI=1S/C40H34ClN3O5/c1-22-8-13-26(14-9-22)42-44-37(47)32-21-31-29(18-19-30-34(31)38(48)43(36(30)46)27-15-10-23(2)33(41)20-27)35(24-11-16-28(45)17-12-24)40(32,39(44)49)25-6-4-3-5-7-25/h3-18,20,30-32,34-35,42,45H,19,21H2,1-2H3/t30-,31+,32-,34-,35-,40+/m0/s1. The number of nitrogens with zero attached hydrogens (tertiary/aromatic N) is 2. The molecular weight excluding hydrogens is 638 g/mol. The van der Waals surface area contributed by atoms with Crippen LogP contribution in [-0.2, 0) is 24.6 Å². The summed E-state index contributed by atoms with van der Waals surface area (Å²) in [5.74, 6) is -4.66. The first kappa shape index (κ1) is 31.1.